The highest BCUT2D eigenvalue weighted by atomic mass is 16.5. The molecule has 2 fully saturated rings. The summed E-state index contributed by atoms with van der Waals surface area (Å²) in [6, 6.07) is 8.27. The smallest absolute Gasteiger partial charge is 0.240 e. The average Bonchev–Trinajstić information content (AvgIpc) is 2.92. The third-order valence-electron chi connectivity index (χ3n) is 6.64. The molecule has 1 N–H and O–H groups in total. The number of amides is 1. The van der Waals surface area contributed by atoms with Crippen molar-refractivity contribution in [3.8, 4) is 5.75 Å². The lowest BCUT2D eigenvalue weighted by Crippen LogP contribution is -2.62. The molecule has 0 aromatic heterocycles. The molecule has 29 heavy (non-hydrogen) atoms. The van der Waals surface area contributed by atoms with Crippen LogP contribution in [0, 0.1) is 0 Å². The Hall–Kier alpha value is -1.63. The zero-order chi connectivity index (χ0) is 20.1. The number of ether oxygens (including phenoxy) is 2. The van der Waals surface area contributed by atoms with Crippen LogP contribution in [-0.4, -0.2) is 73.3 Å². The van der Waals surface area contributed by atoms with Crippen LogP contribution in [0.15, 0.2) is 24.3 Å². The zero-order valence-electron chi connectivity index (χ0n) is 17.7. The molecule has 1 aliphatic carbocycles. The fraction of sp³-hybridized carbons (Fsp3) is 0.696. The maximum atomic E-state index is 13.4. The van der Waals surface area contributed by atoms with Crippen LogP contribution in [0.5, 0.6) is 5.75 Å². The van der Waals surface area contributed by atoms with Crippen molar-refractivity contribution in [1.29, 1.82) is 0 Å². The van der Waals surface area contributed by atoms with E-state index < -0.39 is 0 Å². The largest absolute Gasteiger partial charge is 0.489 e. The summed E-state index contributed by atoms with van der Waals surface area (Å²) in [7, 11) is 0. The molecule has 2 aliphatic heterocycles. The first-order chi connectivity index (χ1) is 14.2. The first-order valence-corrected chi connectivity index (χ1v) is 11.3. The molecule has 0 bridgehead atoms. The number of nitrogens with zero attached hydrogens (tertiary/aromatic N) is 2. The number of nitrogens with one attached hydrogen (secondary N) is 1. The van der Waals surface area contributed by atoms with E-state index in [1.54, 1.807) is 0 Å². The van der Waals surface area contributed by atoms with E-state index in [0.717, 1.165) is 77.4 Å². The highest BCUT2D eigenvalue weighted by Crippen LogP contribution is 2.34. The Bertz CT molecular complexity index is 684. The van der Waals surface area contributed by atoms with Gasteiger partial charge in [0.2, 0.25) is 5.91 Å². The highest BCUT2D eigenvalue weighted by Gasteiger charge is 2.44. The van der Waals surface area contributed by atoms with Crippen LogP contribution in [0.3, 0.4) is 0 Å². The van der Waals surface area contributed by atoms with Gasteiger partial charge >= 0.3 is 0 Å². The van der Waals surface area contributed by atoms with Crippen LogP contribution in [-0.2, 0) is 16.1 Å². The van der Waals surface area contributed by atoms with Gasteiger partial charge in [0.1, 0.15) is 17.4 Å². The van der Waals surface area contributed by atoms with Crippen molar-refractivity contribution in [3.05, 3.63) is 29.8 Å². The summed E-state index contributed by atoms with van der Waals surface area (Å²) in [5.41, 5.74) is 0.893. The van der Waals surface area contributed by atoms with Crippen molar-refractivity contribution >= 4 is 5.91 Å². The average molecular weight is 402 g/mol. The molecule has 3 aliphatic rings. The summed E-state index contributed by atoms with van der Waals surface area (Å²) in [4.78, 5) is 18.1. The van der Waals surface area contributed by atoms with Crippen LogP contribution in [0.25, 0.3) is 0 Å². The van der Waals surface area contributed by atoms with Crippen molar-refractivity contribution in [2.75, 3.05) is 45.9 Å². The Morgan fingerprint density at radius 1 is 1.17 bits per heavy atom. The normalized spacial score (nSPS) is 25.5. The molecule has 2 heterocycles. The number of carbonyl (C=O) groups excluding carboxylic acids is 1. The lowest BCUT2D eigenvalue weighted by Gasteiger charge is -2.46. The lowest BCUT2D eigenvalue weighted by molar-refractivity contribution is -0.140. The fourth-order valence-electron chi connectivity index (χ4n) is 5.15. The topological polar surface area (TPSA) is 54.0 Å². The number of fused-ring (bicyclic) bond motifs is 1. The molecule has 1 aromatic rings. The standard InChI is InChI=1S/C23H35N3O3/c1-19-17-25(18-20-7-3-4-8-21(20)29-19)12-11-24-22(27)23(9-5-2-6-10-23)26-13-15-28-16-14-26/h3-4,7-8,19H,2,5-6,9-18H2,1H3,(H,24,27). The zero-order valence-corrected chi connectivity index (χ0v) is 17.7. The number of hydrogen-bond acceptors (Lipinski definition) is 5. The SMILES string of the molecule is CC1CN(CCNC(=O)C2(N3CCOCC3)CCCCC2)Cc2ccccc2O1. The Morgan fingerprint density at radius 3 is 2.72 bits per heavy atom. The minimum atomic E-state index is -0.330. The summed E-state index contributed by atoms with van der Waals surface area (Å²) >= 11 is 0. The first-order valence-electron chi connectivity index (χ1n) is 11.3. The number of hydrogen-bond donors (Lipinski definition) is 1. The number of rotatable bonds is 5. The predicted molar refractivity (Wildman–Crippen MR) is 113 cm³/mol. The Balaban J connectivity index is 1.35. The Labute approximate surface area is 174 Å². The summed E-state index contributed by atoms with van der Waals surface area (Å²) in [6.45, 7) is 8.58. The van der Waals surface area contributed by atoms with Gasteiger partial charge in [-0.2, -0.15) is 0 Å². The van der Waals surface area contributed by atoms with E-state index in [1.807, 2.05) is 12.1 Å². The van der Waals surface area contributed by atoms with Gasteiger partial charge in [-0.1, -0.05) is 37.5 Å². The van der Waals surface area contributed by atoms with Gasteiger partial charge in [0, 0.05) is 44.8 Å². The van der Waals surface area contributed by atoms with Gasteiger partial charge in [-0.15, -0.1) is 0 Å². The molecule has 1 amide bonds. The van der Waals surface area contributed by atoms with E-state index in [2.05, 4.69) is 34.2 Å². The van der Waals surface area contributed by atoms with Crippen molar-refractivity contribution in [1.82, 2.24) is 15.1 Å². The van der Waals surface area contributed by atoms with Crippen molar-refractivity contribution < 1.29 is 14.3 Å². The number of para-hydroxylation sites is 1. The monoisotopic (exact) mass is 401 g/mol. The van der Waals surface area contributed by atoms with E-state index >= 15 is 0 Å². The summed E-state index contributed by atoms with van der Waals surface area (Å²) in [5.74, 6) is 1.21. The summed E-state index contributed by atoms with van der Waals surface area (Å²) < 4.78 is 11.6. The summed E-state index contributed by atoms with van der Waals surface area (Å²) in [6.07, 6.45) is 5.62. The Kier molecular flexibility index (Phi) is 6.73. The molecule has 4 rings (SSSR count). The minimum Gasteiger partial charge on any atom is -0.489 e. The van der Waals surface area contributed by atoms with E-state index in [4.69, 9.17) is 9.47 Å². The van der Waals surface area contributed by atoms with E-state index in [-0.39, 0.29) is 17.6 Å². The van der Waals surface area contributed by atoms with Crippen molar-refractivity contribution in [2.45, 2.75) is 57.2 Å². The van der Waals surface area contributed by atoms with Crippen molar-refractivity contribution in [2.24, 2.45) is 0 Å². The maximum absolute atomic E-state index is 13.4. The van der Waals surface area contributed by atoms with E-state index in [9.17, 15) is 4.79 Å². The van der Waals surface area contributed by atoms with Gasteiger partial charge in [-0.25, -0.2) is 0 Å². The second-order valence-electron chi connectivity index (χ2n) is 8.72. The second-order valence-corrected chi connectivity index (χ2v) is 8.72. The molecule has 1 saturated carbocycles. The van der Waals surface area contributed by atoms with Gasteiger partial charge in [0.05, 0.1) is 13.2 Å². The molecule has 0 radical (unpaired) electrons. The lowest BCUT2D eigenvalue weighted by atomic mass is 9.79. The van der Waals surface area contributed by atoms with Crippen LogP contribution >= 0.6 is 0 Å². The van der Waals surface area contributed by atoms with Gasteiger partial charge < -0.3 is 14.8 Å². The molecule has 1 unspecified atom stereocenters. The van der Waals surface area contributed by atoms with Gasteiger partial charge in [-0.05, 0) is 25.8 Å². The minimum absolute atomic E-state index is 0.146. The number of benzene rings is 1. The number of carbonyl (C=O) groups is 1. The third kappa shape index (κ3) is 4.76. The van der Waals surface area contributed by atoms with Gasteiger partial charge in [0.15, 0.2) is 0 Å². The molecular formula is C23H35N3O3. The van der Waals surface area contributed by atoms with Gasteiger partial charge in [0.25, 0.3) is 0 Å². The predicted octanol–water partition coefficient (Wildman–Crippen LogP) is 2.42. The molecule has 1 atom stereocenters. The molecular weight excluding hydrogens is 366 g/mol. The van der Waals surface area contributed by atoms with Crippen LogP contribution in [0.4, 0.5) is 0 Å². The van der Waals surface area contributed by atoms with Crippen LogP contribution in [0.2, 0.25) is 0 Å². The third-order valence-corrected chi connectivity index (χ3v) is 6.64. The van der Waals surface area contributed by atoms with Crippen LogP contribution in [0.1, 0.15) is 44.6 Å². The molecule has 0 spiro atoms. The first kappa shape index (κ1) is 20.6. The van der Waals surface area contributed by atoms with Crippen molar-refractivity contribution in [3.63, 3.8) is 0 Å². The second kappa shape index (κ2) is 9.45. The molecule has 6 nitrogen and oxygen atoms in total. The molecule has 6 heteroatoms. The van der Waals surface area contributed by atoms with E-state index in [0.29, 0.717) is 6.54 Å². The molecule has 160 valence electrons. The maximum Gasteiger partial charge on any atom is 0.240 e. The van der Waals surface area contributed by atoms with E-state index in [1.165, 1.54) is 12.0 Å². The summed E-state index contributed by atoms with van der Waals surface area (Å²) in [5, 5.41) is 3.29. The quantitative estimate of drug-likeness (QED) is 0.821. The van der Waals surface area contributed by atoms with Crippen LogP contribution < -0.4 is 10.1 Å². The Morgan fingerprint density at radius 2 is 1.93 bits per heavy atom. The fourth-order valence-corrected chi connectivity index (χ4v) is 5.15. The highest BCUT2D eigenvalue weighted by molar-refractivity contribution is 5.86. The molecule has 1 saturated heterocycles. The molecule has 1 aromatic carbocycles. The number of morpholine rings is 1. The van der Waals surface area contributed by atoms with Gasteiger partial charge in [-0.3, -0.25) is 14.6 Å².